The van der Waals surface area contributed by atoms with Gasteiger partial charge in [-0.1, -0.05) is 54.6 Å². The summed E-state index contributed by atoms with van der Waals surface area (Å²) in [6, 6.07) is 18.0. The molecular weight excluding hydrogens is 282 g/mol. The molecule has 1 saturated heterocycles. The van der Waals surface area contributed by atoms with Gasteiger partial charge in [0, 0.05) is 7.05 Å². The topological polar surface area (TPSA) is 37.4 Å². The number of imide groups is 1. The third kappa shape index (κ3) is 2.76. The lowest BCUT2D eigenvalue weighted by Gasteiger charge is -2.03. The van der Waals surface area contributed by atoms with Crippen molar-refractivity contribution >= 4 is 29.0 Å². The van der Waals surface area contributed by atoms with E-state index in [0.717, 1.165) is 33.4 Å². The Hall–Kier alpha value is -2.33. The minimum absolute atomic E-state index is 0.229. The highest BCUT2D eigenvalue weighted by atomic mass is 32.2. The molecule has 104 valence electrons. The fourth-order valence-electron chi connectivity index (χ4n) is 2.10. The number of rotatable bonds is 2. The molecule has 3 nitrogen and oxygen atoms in total. The lowest BCUT2D eigenvalue weighted by molar-refractivity contribution is -0.121. The van der Waals surface area contributed by atoms with Crippen molar-refractivity contribution in [3.8, 4) is 11.1 Å². The number of thioether (sulfide) groups is 1. The summed E-state index contributed by atoms with van der Waals surface area (Å²) in [6.07, 6.45) is 1.75. The molecule has 0 aliphatic carbocycles. The SMILES string of the molecule is CN1C(=O)SC(=Cc2ccc(-c3ccccc3)cc2)C1=O. The highest BCUT2D eigenvalue weighted by Gasteiger charge is 2.31. The number of hydrogen-bond donors (Lipinski definition) is 0. The van der Waals surface area contributed by atoms with Crippen molar-refractivity contribution in [2.45, 2.75) is 0 Å². The van der Waals surface area contributed by atoms with E-state index in [4.69, 9.17) is 0 Å². The zero-order valence-corrected chi connectivity index (χ0v) is 12.3. The molecule has 0 unspecified atom stereocenters. The minimum Gasteiger partial charge on any atom is -0.272 e. The molecule has 1 fully saturated rings. The van der Waals surface area contributed by atoms with Gasteiger partial charge in [0.05, 0.1) is 4.91 Å². The third-order valence-electron chi connectivity index (χ3n) is 3.30. The normalized spacial score (nSPS) is 16.8. The maximum absolute atomic E-state index is 11.8. The number of carbonyl (C=O) groups excluding carboxylic acids is 2. The summed E-state index contributed by atoms with van der Waals surface area (Å²) in [5.41, 5.74) is 3.18. The number of amides is 2. The highest BCUT2D eigenvalue weighted by Crippen LogP contribution is 2.31. The van der Waals surface area contributed by atoms with Gasteiger partial charge in [-0.05, 0) is 34.5 Å². The van der Waals surface area contributed by atoms with Crippen LogP contribution < -0.4 is 0 Å². The molecule has 1 heterocycles. The van der Waals surface area contributed by atoms with Crippen molar-refractivity contribution in [2.24, 2.45) is 0 Å². The van der Waals surface area contributed by atoms with Crippen LogP contribution in [0, 0.1) is 0 Å². The van der Waals surface area contributed by atoms with Gasteiger partial charge in [-0.3, -0.25) is 14.5 Å². The Labute approximate surface area is 127 Å². The Kier molecular flexibility index (Phi) is 3.62. The van der Waals surface area contributed by atoms with Gasteiger partial charge in [0.15, 0.2) is 0 Å². The number of benzene rings is 2. The molecule has 3 rings (SSSR count). The number of nitrogens with zero attached hydrogens (tertiary/aromatic N) is 1. The summed E-state index contributed by atoms with van der Waals surface area (Å²) in [5, 5.41) is -0.229. The predicted octanol–water partition coefficient (Wildman–Crippen LogP) is 4.02. The van der Waals surface area contributed by atoms with Crippen molar-refractivity contribution in [1.82, 2.24) is 4.90 Å². The Morgan fingerprint density at radius 3 is 2.10 bits per heavy atom. The Morgan fingerprint density at radius 1 is 0.905 bits per heavy atom. The zero-order valence-electron chi connectivity index (χ0n) is 11.4. The number of likely N-dealkylation sites (N-methyl/N-ethyl adjacent to an activating group) is 1. The molecular formula is C17H13NO2S. The largest absolute Gasteiger partial charge is 0.293 e. The predicted molar refractivity (Wildman–Crippen MR) is 85.6 cm³/mol. The molecule has 4 heteroatoms. The molecule has 2 aromatic carbocycles. The lowest BCUT2D eigenvalue weighted by Crippen LogP contribution is -2.22. The Balaban J connectivity index is 1.86. The van der Waals surface area contributed by atoms with Crippen molar-refractivity contribution < 1.29 is 9.59 Å². The van der Waals surface area contributed by atoms with E-state index in [1.165, 1.54) is 7.05 Å². The number of carbonyl (C=O) groups is 2. The number of hydrogen-bond acceptors (Lipinski definition) is 3. The van der Waals surface area contributed by atoms with Crippen LogP contribution in [0.1, 0.15) is 5.56 Å². The maximum atomic E-state index is 11.8. The molecule has 0 spiro atoms. The molecule has 0 radical (unpaired) electrons. The molecule has 1 aliphatic heterocycles. The van der Waals surface area contributed by atoms with E-state index in [1.54, 1.807) is 6.08 Å². The van der Waals surface area contributed by atoms with Crippen LogP contribution in [0.4, 0.5) is 4.79 Å². The van der Waals surface area contributed by atoms with Crippen LogP contribution in [0.25, 0.3) is 17.2 Å². The van der Waals surface area contributed by atoms with Gasteiger partial charge in [0.25, 0.3) is 11.1 Å². The van der Waals surface area contributed by atoms with Gasteiger partial charge >= 0.3 is 0 Å². The summed E-state index contributed by atoms with van der Waals surface area (Å²) < 4.78 is 0. The van der Waals surface area contributed by atoms with Crippen molar-refractivity contribution in [1.29, 1.82) is 0 Å². The third-order valence-corrected chi connectivity index (χ3v) is 4.26. The molecule has 0 saturated carbocycles. The molecule has 1 aliphatic rings. The quantitative estimate of drug-likeness (QED) is 0.785. The minimum atomic E-state index is -0.239. The van der Waals surface area contributed by atoms with Gasteiger partial charge in [-0.25, -0.2) is 0 Å². The molecule has 0 atom stereocenters. The summed E-state index contributed by atoms with van der Waals surface area (Å²) in [4.78, 5) is 24.9. The van der Waals surface area contributed by atoms with Crippen LogP contribution in [0.3, 0.4) is 0 Å². The molecule has 0 aromatic heterocycles. The Morgan fingerprint density at radius 2 is 1.52 bits per heavy atom. The summed E-state index contributed by atoms with van der Waals surface area (Å²) >= 11 is 0.976. The van der Waals surface area contributed by atoms with E-state index >= 15 is 0 Å². The second-order valence-electron chi connectivity index (χ2n) is 4.73. The van der Waals surface area contributed by atoms with E-state index < -0.39 is 0 Å². The molecule has 0 N–H and O–H groups in total. The zero-order chi connectivity index (χ0) is 14.8. The fourth-order valence-corrected chi connectivity index (χ4v) is 2.93. The van der Waals surface area contributed by atoms with Gasteiger partial charge in [0.1, 0.15) is 0 Å². The Bertz CT molecular complexity index is 720. The molecule has 21 heavy (non-hydrogen) atoms. The van der Waals surface area contributed by atoms with E-state index in [0.29, 0.717) is 4.91 Å². The average molecular weight is 295 g/mol. The van der Waals surface area contributed by atoms with Gasteiger partial charge in [-0.2, -0.15) is 0 Å². The standard InChI is InChI=1S/C17H13NO2S/c1-18-16(19)15(21-17(18)20)11-12-7-9-14(10-8-12)13-5-3-2-4-6-13/h2-11H,1H3. The van der Waals surface area contributed by atoms with Crippen LogP contribution in [0.2, 0.25) is 0 Å². The van der Waals surface area contributed by atoms with Crippen LogP contribution in [-0.4, -0.2) is 23.1 Å². The van der Waals surface area contributed by atoms with Gasteiger partial charge in [-0.15, -0.1) is 0 Å². The molecule has 0 bridgehead atoms. The van der Waals surface area contributed by atoms with Crippen LogP contribution in [0.15, 0.2) is 59.5 Å². The van der Waals surface area contributed by atoms with Crippen molar-refractivity contribution in [2.75, 3.05) is 7.05 Å². The maximum Gasteiger partial charge on any atom is 0.293 e. The molecule has 2 aromatic rings. The molecule has 2 amide bonds. The first kappa shape index (κ1) is 13.6. The lowest BCUT2D eigenvalue weighted by atomic mass is 10.0. The van der Waals surface area contributed by atoms with E-state index in [9.17, 15) is 9.59 Å². The highest BCUT2D eigenvalue weighted by molar-refractivity contribution is 8.18. The van der Waals surface area contributed by atoms with Crippen LogP contribution in [0.5, 0.6) is 0 Å². The second kappa shape index (κ2) is 5.58. The smallest absolute Gasteiger partial charge is 0.272 e. The first-order valence-electron chi connectivity index (χ1n) is 6.52. The van der Waals surface area contributed by atoms with Gasteiger partial charge in [0.2, 0.25) is 0 Å². The van der Waals surface area contributed by atoms with Crippen molar-refractivity contribution in [3.05, 3.63) is 65.1 Å². The first-order chi connectivity index (χ1) is 10.1. The average Bonchev–Trinajstić information content (AvgIpc) is 2.76. The van der Waals surface area contributed by atoms with Crippen LogP contribution in [-0.2, 0) is 4.79 Å². The van der Waals surface area contributed by atoms with Crippen LogP contribution >= 0.6 is 11.8 Å². The van der Waals surface area contributed by atoms with E-state index in [1.807, 2.05) is 42.5 Å². The van der Waals surface area contributed by atoms with E-state index in [-0.39, 0.29) is 11.1 Å². The fraction of sp³-hybridized carbons (Fsp3) is 0.0588. The van der Waals surface area contributed by atoms with Crippen molar-refractivity contribution in [3.63, 3.8) is 0 Å². The first-order valence-corrected chi connectivity index (χ1v) is 7.34. The summed E-state index contributed by atoms with van der Waals surface area (Å²) in [6.45, 7) is 0. The van der Waals surface area contributed by atoms with Gasteiger partial charge < -0.3 is 0 Å². The monoisotopic (exact) mass is 295 g/mol. The van der Waals surface area contributed by atoms with E-state index in [2.05, 4.69) is 12.1 Å². The summed E-state index contributed by atoms with van der Waals surface area (Å²) in [5.74, 6) is -0.239. The summed E-state index contributed by atoms with van der Waals surface area (Å²) in [7, 11) is 1.50. The second-order valence-corrected chi connectivity index (χ2v) is 5.72.